The molecule has 0 atom stereocenters. The zero-order valence-electron chi connectivity index (χ0n) is 15.2. The molecule has 3 aromatic heterocycles. The van der Waals surface area contributed by atoms with E-state index in [1.165, 1.54) is 11.8 Å². The number of rotatable bonds is 3. The van der Waals surface area contributed by atoms with Crippen molar-refractivity contribution in [2.24, 2.45) is 5.73 Å². The van der Waals surface area contributed by atoms with Gasteiger partial charge in [0, 0.05) is 29.7 Å². The van der Waals surface area contributed by atoms with Gasteiger partial charge in [0.2, 0.25) is 5.65 Å². The normalized spacial score (nSPS) is 16.8. The molecule has 4 rings (SSSR count). The third-order valence-corrected chi connectivity index (χ3v) is 6.60. The third kappa shape index (κ3) is 3.42. The molecule has 3 aromatic rings. The molecule has 4 heterocycles. The lowest BCUT2D eigenvalue weighted by atomic mass is 9.91. The average molecular weight is 405 g/mol. The highest BCUT2D eigenvalue weighted by Crippen LogP contribution is 2.38. The summed E-state index contributed by atoms with van der Waals surface area (Å²) in [5.74, 6) is 1.15. The predicted octanol–water partition coefficient (Wildman–Crippen LogP) is 2.53. The van der Waals surface area contributed by atoms with Crippen molar-refractivity contribution < 1.29 is 0 Å². The van der Waals surface area contributed by atoms with E-state index >= 15 is 0 Å². The van der Waals surface area contributed by atoms with Gasteiger partial charge in [-0.25, -0.2) is 9.97 Å². The summed E-state index contributed by atoms with van der Waals surface area (Å²) in [7, 11) is 0. The lowest BCUT2D eigenvalue weighted by Gasteiger charge is -2.37. The molecule has 0 aromatic carbocycles. The molecule has 10 heteroatoms. The minimum Gasteiger partial charge on any atom is -0.382 e. The fourth-order valence-corrected chi connectivity index (χ4v) is 4.34. The van der Waals surface area contributed by atoms with Crippen molar-refractivity contribution in [3.63, 3.8) is 0 Å². The van der Waals surface area contributed by atoms with Crippen LogP contribution in [0.4, 0.5) is 11.6 Å². The summed E-state index contributed by atoms with van der Waals surface area (Å²) in [6.45, 7) is 5.77. The monoisotopic (exact) mass is 404 g/mol. The van der Waals surface area contributed by atoms with Crippen molar-refractivity contribution in [2.75, 3.05) is 23.7 Å². The van der Waals surface area contributed by atoms with Crippen molar-refractivity contribution in [3.05, 3.63) is 29.3 Å². The Balaban J connectivity index is 1.73. The molecule has 8 nitrogen and oxygen atoms in total. The fourth-order valence-electron chi connectivity index (χ4n) is 3.16. The van der Waals surface area contributed by atoms with Gasteiger partial charge in [-0.2, -0.15) is 0 Å². The second kappa shape index (κ2) is 6.81. The number of anilines is 2. The Kier molecular flexibility index (Phi) is 4.61. The van der Waals surface area contributed by atoms with E-state index in [0.29, 0.717) is 10.8 Å². The summed E-state index contributed by atoms with van der Waals surface area (Å²) in [6.07, 6.45) is 5.17. The van der Waals surface area contributed by atoms with Crippen LogP contribution < -0.4 is 16.4 Å². The Bertz CT molecular complexity index is 992. The minimum absolute atomic E-state index is 0.122. The maximum atomic E-state index is 6.31. The molecule has 1 fully saturated rings. The highest BCUT2D eigenvalue weighted by Gasteiger charge is 2.28. The van der Waals surface area contributed by atoms with Crippen LogP contribution in [0, 0.1) is 6.92 Å². The molecule has 4 N–H and O–H groups in total. The van der Waals surface area contributed by atoms with Crippen LogP contribution in [0.3, 0.4) is 0 Å². The van der Waals surface area contributed by atoms with Crippen LogP contribution >= 0.6 is 23.4 Å². The Morgan fingerprint density at radius 3 is 2.78 bits per heavy atom. The first kappa shape index (κ1) is 18.3. The molecule has 0 unspecified atom stereocenters. The summed E-state index contributed by atoms with van der Waals surface area (Å²) in [6, 6.07) is 1.83. The number of pyridine rings is 1. The molecule has 0 spiro atoms. The topological polar surface area (TPSA) is 111 Å². The lowest BCUT2D eigenvalue weighted by molar-refractivity contribution is 0.363. The number of fused-ring (bicyclic) bond motifs is 1. The van der Waals surface area contributed by atoms with Gasteiger partial charge in [-0.15, -0.1) is 10.2 Å². The van der Waals surface area contributed by atoms with Crippen molar-refractivity contribution in [3.8, 4) is 0 Å². The van der Waals surface area contributed by atoms with Crippen LogP contribution in [0.25, 0.3) is 5.65 Å². The highest BCUT2D eigenvalue weighted by molar-refractivity contribution is 7.99. The molecule has 0 amide bonds. The average Bonchev–Trinajstić information content (AvgIpc) is 3.10. The standard InChI is InChI=1S/C17H21ClN8S/c1-10-16(27-11-3-6-21-13(19)12(11)18)26-9-22-24-15(26)14(23-10)25-7-4-17(2,20)5-8-25/h3,6,9H,4-5,7-8,20H2,1-2H3,(H2,19,21). The minimum atomic E-state index is -0.122. The van der Waals surface area contributed by atoms with Crippen LogP contribution in [0.2, 0.25) is 5.02 Å². The smallest absolute Gasteiger partial charge is 0.204 e. The van der Waals surface area contributed by atoms with E-state index < -0.39 is 0 Å². The summed E-state index contributed by atoms with van der Waals surface area (Å²) in [4.78, 5) is 11.9. The largest absolute Gasteiger partial charge is 0.382 e. The van der Waals surface area contributed by atoms with Crippen LogP contribution in [-0.2, 0) is 0 Å². The van der Waals surface area contributed by atoms with Gasteiger partial charge in [0.05, 0.1) is 10.7 Å². The molecule has 0 radical (unpaired) electrons. The molecule has 1 aliphatic rings. The number of hydrogen-bond donors (Lipinski definition) is 2. The molecule has 1 saturated heterocycles. The van der Waals surface area contributed by atoms with E-state index in [-0.39, 0.29) is 5.54 Å². The van der Waals surface area contributed by atoms with E-state index in [2.05, 4.69) is 27.0 Å². The van der Waals surface area contributed by atoms with E-state index in [1.807, 2.05) is 17.4 Å². The second-order valence-corrected chi connectivity index (χ2v) is 8.51. The van der Waals surface area contributed by atoms with Gasteiger partial charge >= 0.3 is 0 Å². The zero-order chi connectivity index (χ0) is 19.2. The van der Waals surface area contributed by atoms with Crippen molar-refractivity contribution in [2.45, 2.75) is 42.1 Å². The number of nitrogen functional groups attached to an aromatic ring is 1. The third-order valence-electron chi connectivity index (χ3n) is 4.84. The predicted molar refractivity (Wildman–Crippen MR) is 107 cm³/mol. The van der Waals surface area contributed by atoms with Gasteiger partial charge < -0.3 is 16.4 Å². The SMILES string of the molecule is Cc1nc(N2CCC(C)(N)CC2)c2nncn2c1Sc1ccnc(N)c1Cl. The molecule has 0 bridgehead atoms. The molecular weight excluding hydrogens is 384 g/mol. The number of aryl methyl sites for hydroxylation is 1. The van der Waals surface area contributed by atoms with E-state index in [1.54, 1.807) is 12.5 Å². The molecule has 0 saturated carbocycles. The number of halogens is 1. The number of aromatic nitrogens is 5. The number of nitrogens with zero attached hydrogens (tertiary/aromatic N) is 6. The van der Waals surface area contributed by atoms with E-state index in [9.17, 15) is 0 Å². The Hall–Kier alpha value is -2.10. The first-order chi connectivity index (χ1) is 12.9. The van der Waals surface area contributed by atoms with Gasteiger partial charge in [0.25, 0.3) is 0 Å². The molecule has 0 aliphatic carbocycles. The van der Waals surface area contributed by atoms with Crippen LogP contribution in [0.15, 0.2) is 28.5 Å². The summed E-state index contributed by atoms with van der Waals surface area (Å²) in [5, 5.41) is 9.75. The maximum absolute atomic E-state index is 6.31. The highest BCUT2D eigenvalue weighted by atomic mass is 35.5. The summed E-state index contributed by atoms with van der Waals surface area (Å²) < 4.78 is 1.95. The number of hydrogen-bond acceptors (Lipinski definition) is 8. The zero-order valence-corrected chi connectivity index (χ0v) is 16.8. The lowest BCUT2D eigenvalue weighted by Crippen LogP contribution is -2.48. The van der Waals surface area contributed by atoms with Gasteiger partial charge in [0.1, 0.15) is 17.2 Å². The Morgan fingerprint density at radius 1 is 1.30 bits per heavy atom. The van der Waals surface area contributed by atoms with E-state index in [4.69, 9.17) is 28.1 Å². The Morgan fingerprint density at radius 2 is 2.04 bits per heavy atom. The summed E-state index contributed by atoms with van der Waals surface area (Å²) >= 11 is 7.79. The Labute approximate surface area is 166 Å². The quantitative estimate of drug-likeness (QED) is 0.684. The van der Waals surface area contributed by atoms with Crippen molar-refractivity contribution in [1.82, 2.24) is 24.6 Å². The maximum Gasteiger partial charge on any atom is 0.204 e. The van der Waals surface area contributed by atoms with Crippen molar-refractivity contribution >= 4 is 40.6 Å². The number of nitrogens with two attached hydrogens (primary N) is 2. The number of piperidine rings is 1. The van der Waals surface area contributed by atoms with Crippen LogP contribution in [-0.4, -0.2) is 43.2 Å². The molecule has 1 aliphatic heterocycles. The van der Waals surface area contributed by atoms with Crippen LogP contribution in [0.5, 0.6) is 0 Å². The second-order valence-electron chi connectivity index (χ2n) is 7.10. The summed E-state index contributed by atoms with van der Waals surface area (Å²) in [5.41, 5.74) is 13.6. The fraction of sp³-hybridized carbons (Fsp3) is 0.412. The molecule has 27 heavy (non-hydrogen) atoms. The molecular formula is C17H21ClN8S. The first-order valence-electron chi connectivity index (χ1n) is 8.68. The van der Waals surface area contributed by atoms with Gasteiger partial charge in [-0.3, -0.25) is 4.40 Å². The van der Waals surface area contributed by atoms with Crippen LogP contribution in [0.1, 0.15) is 25.5 Å². The van der Waals surface area contributed by atoms with E-state index in [0.717, 1.165) is 53.0 Å². The van der Waals surface area contributed by atoms with Gasteiger partial charge in [-0.1, -0.05) is 23.4 Å². The van der Waals surface area contributed by atoms with Crippen molar-refractivity contribution in [1.29, 1.82) is 0 Å². The molecule has 142 valence electrons. The van der Waals surface area contributed by atoms with Gasteiger partial charge in [-0.05, 0) is 32.8 Å². The first-order valence-corrected chi connectivity index (χ1v) is 9.87. The van der Waals surface area contributed by atoms with Gasteiger partial charge in [0.15, 0.2) is 5.82 Å².